The van der Waals surface area contributed by atoms with E-state index in [4.69, 9.17) is 4.74 Å². The number of imide groups is 1. The van der Waals surface area contributed by atoms with Crippen LogP contribution in [0.15, 0.2) is 24.3 Å². The molecule has 0 aromatic heterocycles. The van der Waals surface area contributed by atoms with Gasteiger partial charge in [0.25, 0.3) is 5.91 Å². The Labute approximate surface area is 170 Å². The molecule has 0 bridgehead atoms. The standard InChI is InChI=1S/C22H26N2O5/c25-19-10-11-20(26)24(19)17-8-3-6-16(13-17)22(28)29-14-21(27)23-12-4-7-15-5-1-2-9-18(15)23/h3,6,8,13,15,18H,1-2,4-5,7,9-12,14H2/t15-,18-/m1/s1. The average molecular weight is 398 g/mol. The number of amides is 3. The maximum absolute atomic E-state index is 12.7. The Morgan fingerprint density at radius 2 is 1.72 bits per heavy atom. The molecule has 1 aromatic carbocycles. The quantitative estimate of drug-likeness (QED) is 0.575. The first kappa shape index (κ1) is 19.6. The summed E-state index contributed by atoms with van der Waals surface area (Å²) in [5.74, 6) is -0.748. The van der Waals surface area contributed by atoms with Crippen molar-refractivity contribution in [3.63, 3.8) is 0 Å². The maximum atomic E-state index is 12.7. The van der Waals surface area contributed by atoms with Crippen molar-refractivity contribution in [2.75, 3.05) is 18.1 Å². The molecule has 3 aliphatic rings. The molecule has 1 saturated carbocycles. The van der Waals surface area contributed by atoms with Crippen LogP contribution in [0.2, 0.25) is 0 Å². The third-order valence-corrected chi connectivity index (χ3v) is 6.28. The van der Waals surface area contributed by atoms with Crippen LogP contribution in [-0.4, -0.2) is 47.8 Å². The SMILES string of the molecule is O=C(OCC(=O)N1CCC[C@H]2CCCC[C@H]21)c1cccc(N2C(=O)CCC2=O)c1. The van der Waals surface area contributed by atoms with Gasteiger partial charge in [0.05, 0.1) is 11.3 Å². The number of carbonyl (C=O) groups is 4. The smallest absolute Gasteiger partial charge is 0.338 e. The minimum Gasteiger partial charge on any atom is -0.452 e. The lowest BCUT2D eigenvalue weighted by Crippen LogP contribution is -2.50. The molecule has 0 unspecified atom stereocenters. The minimum absolute atomic E-state index is 0.143. The van der Waals surface area contributed by atoms with Gasteiger partial charge in [-0.3, -0.25) is 19.3 Å². The number of rotatable bonds is 4. The summed E-state index contributed by atoms with van der Waals surface area (Å²) < 4.78 is 5.28. The molecule has 1 aromatic rings. The zero-order chi connectivity index (χ0) is 20.4. The molecule has 154 valence electrons. The van der Waals surface area contributed by atoms with Gasteiger partial charge in [0.1, 0.15) is 0 Å². The van der Waals surface area contributed by atoms with Gasteiger partial charge in [-0.15, -0.1) is 0 Å². The highest BCUT2D eigenvalue weighted by molar-refractivity contribution is 6.20. The summed E-state index contributed by atoms with van der Waals surface area (Å²) in [6, 6.07) is 6.51. The number of hydrogen-bond donors (Lipinski definition) is 0. The van der Waals surface area contributed by atoms with Crippen LogP contribution in [-0.2, 0) is 19.1 Å². The summed E-state index contributed by atoms with van der Waals surface area (Å²) in [4.78, 5) is 52.0. The minimum atomic E-state index is -0.628. The van der Waals surface area contributed by atoms with E-state index in [0.717, 1.165) is 30.7 Å². The molecule has 2 atom stereocenters. The van der Waals surface area contributed by atoms with E-state index in [2.05, 4.69) is 0 Å². The van der Waals surface area contributed by atoms with Gasteiger partial charge in [0.15, 0.2) is 6.61 Å². The van der Waals surface area contributed by atoms with Crippen LogP contribution < -0.4 is 4.90 Å². The zero-order valence-corrected chi connectivity index (χ0v) is 16.5. The summed E-state index contributed by atoms with van der Waals surface area (Å²) >= 11 is 0. The number of esters is 1. The topological polar surface area (TPSA) is 84.0 Å². The molecule has 4 rings (SSSR count). The van der Waals surface area contributed by atoms with E-state index >= 15 is 0 Å². The van der Waals surface area contributed by atoms with Crippen LogP contribution in [0.1, 0.15) is 61.7 Å². The normalized spacial score (nSPS) is 24.4. The lowest BCUT2D eigenvalue weighted by Gasteiger charge is -2.44. The fraction of sp³-hybridized carbons (Fsp3) is 0.545. The highest BCUT2D eigenvalue weighted by Gasteiger charge is 2.36. The predicted molar refractivity (Wildman–Crippen MR) is 105 cm³/mol. The average Bonchev–Trinajstić information content (AvgIpc) is 3.09. The summed E-state index contributed by atoms with van der Waals surface area (Å²) in [6.07, 6.45) is 7.12. The van der Waals surface area contributed by atoms with Crippen molar-refractivity contribution in [3.8, 4) is 0 Å². The molecule has 2 saturated heterocycles. The second-order valence-corrected chi connectivity index (χ2v) is 8.09. The van der Waals surface area contributed by atoms with Gasteiger partial charge in [0.2, 0.25) is 11.8 Å². The Morgan fingerprint density at radius 3 is 2.52 bits per heavy atom. The molecule has 3 amide bonds. The largest absolute Gasteiger partial charge is 0.452 e. The van der Waals surface area contributed by atoms with Crippen LogP contribution >= 0.6 is 0 Å². The van der Waals surface area contributed by atoms with Crippen molar-refractivity contribution in [1.29, 1.82) is 0 Å². The van der Waals surface area contributed by atoms with Crippen LogP contribution in [0, 0.1) is 5.92 Å². The molecule has 7 heteroatoms. The van der Waals surface area contributed by atoms with Gasteiger partial charge >= 0.3 is 5.97 Å². The Balaban J connectivity index is 1.38. The fourth-order valence-electron chi connectivity index (χ4n) is 4.86. The van der Waals surface area contributed by atoms with Crippen molar-refractivity contribution >= 4 is 29.4 Å². The molecule has 0 spiro atoms. The third-order valence-electron chi connectivity index (χ3n) is 6.28. The number of ether oxygens (including phenoxy) is 1. The second-order valence-electron chi connectivity index (χ2n) is 8.09. The molecule has 2 heterocycles. The lowest BCUT2D eigenvalue weighted by molar-refractivity contribution is -0.140. The molecule has 7 nitrogen and oxygen atoms in total. The Bertz CT molecular complexity index is 818. The first-order valence-corrected chi connectivity index (χ1v) is 10.5. The monoisotopic (exact) mass is 398 g/mol. The van der Waals surface area contributed by atoms with Crippen LogP contribution in [0.5, 0.6) is 0 Å². The second kappa shape index (κ2) is 8.35. The van der Waals surface area contributed by atoms with Gasteiger partial charge in [-0.25, -0.2) is 4.79 Å². The van der Waals surface area contributed by atoms with E-state index in [1.807, 2.05) is 4.90 Å². The summed E-state index contributed by atoms with van der Waals surface area (Å²) in [7, 11) is 0. The predicted octanol–water partition coefficient (Wildman–Crippen LogP) is 2.68. The van der Waals surface area contributed by atoms with E-state index < -0.39 is 5.97 Å². The number of fused-ring (bicyclic) bond motifs is 1. The van der Waals surface area contributed by atoms with E-state index in [9.17, 15) is 19.2 Å². The van der Waals surface area contributed by atoms with E-state index in [1.54, 1.807) is 18.2 Å². The summed E-state index contributed by atoms with van der Waals surface area (Å²) in [5.41, 5.74) is 0.580. The Kier molecular flexibility index (Phi) is 5.65. The van der Waals surface area contributed by atoms with Crippen molar-refractivity contribution in [1.82, 2.24) is 4.90 Å². The Morgan fingerprint density at radius 1 is 1.00 bits per heavy atom. The summed E-state index contributed by atoms with van der Waals surface area (Å²) in [6.45, 7) is 0.445. The van der Waals surface area contributed by atoms with Crippen molar-refractivity contribution < 1.29 is 23.9 Å². The zero-order valence-electron chi connectivity index (χ0n) is 16.5. The fourth-order valence-corrected chi connectivity index (χ4v) is 4.86. The number of benzene rings is 1. The van der Waals surface area contributed by atoms with Gasteiger partial charge in [-0.05, 0) is 49.8 Å². The van der Waals surface area contributed by atoms with Crippen molar-refractivity contribution in [3.05, 3.63) is 29.8 Å². The van der Waals surface area contributed by atoms with Gasteiger partial charge < -0.3 is 9.64 Å². The number of nitrogens with zero attached hydrogens (tertiary/aromatic N) is 2. The summed E-state index contributed by atoms with van der Waals surface area (Å²) in [5, 5.41) is 0. The van der Waals surface area contributed by atoms with Crippen molar-refractivity contribution in [2.24, 2.45) is 5.92 Å². The molecule has 29 heavy (non-hydrogen) atoms. The number of anilines is 1. The number of hydrogen-bond acceptors (Lipinski definition) is 5. The van der Waals surface area contributed by atoms with E-state index in [0.29, 0.717) is 11.6 Å². The first-order chi connectivity index (χ1) is 14.0. The van der Waals surface area contributed by atoms with Crippen LogP contribution in [0.4, 0.5) is 5.69 Å². The highest BCUT2D eigenvalue weighted by atomic mass is 16.5. The lowest BCUT2D eigenvalue weighted by atomic mass is 9.78. The number of likely N-dealkylation sites (tertiary alicyclic amines) is 1. The van der Waals surface area contributed by atoms with Crippen LogP contribution in [0.3, 0.4) is 0 Å². The van der Waals surface area contributed by atoms with Crippen LogP contribution in [0.25, 0.3) is 0 Å². The van der Waals surface area contributed by atoms with E-state index in [1.165, 1.54) is 25.3 Å². The molecule has 3 fully saturated rings. The molecule has 0 N–H and O–H groups in total. The molecule has 2 aliphatic heterocycles. The highest BCUT2D eigenvalue weighted by Crippen LogP contribution is 2.35. The van der Waals surface area contributed by atoms with Gasteiger partial charge in [-0.1, -0.05) is 18.9 Å². The first-order valence-electron chi connectivity index (χ1n) is 10.5. The number of carbonyl (C=O) groups excluding carboxylic acids is 4. The van der Waals surface area contributed by atoms with Crippen molar-refractivity contribution in [2.45, 2.75) is 57.4 Å². The number of piperidine rings is 1. The molecular formula is C22H26N2O5. The van der Waals surface area contributed by atoms with Gasteiger partial charge in [-0.2, -0.15) is 0 Å². The van der Waals surface area contributed by atoms with Gasteiger partial charge in [0, 0.05) is 25.4 Å². The third kappa shape index (κ3) is 4.04. The Hall–Kier alpha value is -2.70. The maximum Gasteiger partial charge on any atom is 0.338 e. The molecule has 0 radical (unpaired) electrons. The molecular weight excluding hydrogens is 372 g/mol. The molecule has 1 aliphatic carbocycles. The van der Waals surface area contributed by atoms with E-state index in [-0.39, 0.29) is 48.8 Å².